The van der Waals surface area contributed by atoms with Crippen LogP contribution in [0.2, 0.25) is 0 Å². The molecule has 33 heavy (non-hydrogen) atoms. The van der Waals surface area contributed by atoms with Gasteiger partial charge in [0.1, 0.15) is 5.52 Å². The van der Waals surface area contributed by atoms with Crippen LogP contribution in [0.5, 0.6) is 0 Å². The van der Waals surface area contributed by atoms with Gasteiger partial charge in [-0.3, -0.25) is 5.10 Å². The van der Waals surface area contributed by atoms with E-state index in [2.05, 4.69) is 45.2 Å². The first-order valence-corrected chi connectivity index (χ1v) is 11.2. The number of nitrogens with one attached hydrogen (secondary N) is 2. The van der Waals surface area contributed by atoms with Gasteiger partial charge in [-0.25, -0.2) is 15.0 Å². The molecule has 0 saturated carbocycles. The molecule has 1 atom stereocenters. The van der Waals surface area contributed by atoms with Crippen molar-refractivity contribution in [1.29, 1.82) is 0 Å². The number of anilines is 1. The SMILES string of the molecule is Cc1n[nH]c(C)c1-c1ccc2nc(-c3cccc4[nH]ccc34)nc(N3CCOC[C@H]3C)c2n1. The maximum absolute atomic E-state index is 5.70. The number of aromatic amines is 2. The summed E-state index contributed by atoms with van der Waals surface area (Å²) < 4.78 is 5.70. The Morgan fingerprint density at radius 3 is 2.79 bits per heavy atom. The van der Waals surface area contributed by atoms with Gasteiger partial charge in [-0.15, -0.1) is 0 Å². The molecular formula is C25H25N7O. The van der Waals surface area contributed by atoms with Crippen LogP contribution in [0.3, 0.4) is 0 Å². The average molecular weight is 440 g/mol. The number of pyridine rings is 1. The van der Waals surface area contributed by atoms with Crippen LogP contribution in [0.1, 0.15) is 18.3 Å². The third-order valence-corrected chi connectivity index (χ3v) is 6.38. The summed E-state index contributed by atoms with van der Waals surface area (Å²) in [6.45, 7) is 8.26. The first-order valence-electron chi connectivity index (χ1n) is 11.2. The van der Waals surface area contributed by atoms with E-state index in [4.69, 9.17) is 19.7 Å². The molecule has 5 aromatic rings. The second kappa shape index (κ2) is 7.67. The lowest BCUT2D eigenvalue weighted by molar-refractivity contribution is 0.0987. The number of ether oxygens (including phenoxy) is 1. The Balaban J connectivity index is 1.60. The Bertz CT molecular complexity index is 1470. The summed E-state index contributed by atoms with van der Waals surface area (Å²) in [6.07, 6.45) is 1.95. The molecule has 0 radical (unpaired) electrons. The molecule has 0 spiro atoms. The maximum atomic E-state index is 5.70. The van der Waals surface area contributed by atoms with Crippen LogP contribution in [-0.2, 0) is 4.74 Å². The van der Waals surface area contributed by atoms with Gasteiger partial charge >= 0.3 is 0 Å². The van der Waals surface area contributed by atoms with Gasteiger partial charge in [0, 0.05) is 40.5 Å². The van der Waals surface area contributed by atoms with Crippen LogP contribution < -0.4 is 4.90 Å². The predicted molar refractivity (Wildman–Crippen MR) is 129 cm³/mol. The highest BCUT2D eigenvalue weighted by Gasteiger charge is 2.25. The van der Waals surface area contributed by atoms with Crippen LogP contribution in [0.25, 0.3) is 44.6 Å². The van der Waals surface area contributed by atoms with Crippen LogP contribution in [0.15, 0.2) is 42.6 Å². The number of benzene rings is 1. The molecule has 8 heteroatoms. The van der Waals surface area contributed by atoms with Gasteiger partial charge in [-0.2, -0.15) is 5.10 Å². The quantitative estimate of drug-likeness (QED) is 0.432. The van der Waals surface area contributed by atoms with E-state index in [-0.39, 0.29) is 6.04 Å². The topological polar surface area (TPSA) is 95.6 Å². The molecular weight excluding hydrogens is 414 g/mol. The van der Waals surface area contributed by atoms with E-state index < -0.39 is 0 Å². The maximum Gasteiger partial charge on any atom is 0.162 e. The fourth-order valence-corrected chi connectivity index (χ4v) is 4.71. The lowest BCUT2D eigenvalue weighted by Gasteiger charge is -2.34. The molecule has 0 amide bonds. The van der Waals surface area contributed by atoms with Gasteiger partial charge in [-0.05, 0) is 45.0 Å². The summed E-state index contributed by atoms with van der Waals surface area (Å²) in [5.74, 6) is 1.55. The number of nitrogens with zero attached hydrogens (tertiary/aromatic N) is 5. The molecule has 6 rings (SSSR count). The fraction of sp³-hybridized carbons (Fsp3) is 0.280. The molecule has 1 saturated heterocycles. The highest BCUT2D eigenvalue weighted by molar-refractivity contribution is 5.96. The van der Waals surface area contributed by atoms with E-state index in [0.29, 0.717) is 19.0 Å². The number of hydrogen-bond acceptors (Lipinski definition) is 6. The molecule has 1 fully saturated rings. The van der Waals surface area contributed by atoms with E-state index in [9.17, 15) is 0 Å². The Labute approximate surface area is 191 Å². The minimum absolute atomic E-state index is 0.190. The second-order valence-corrected chi connectivity index (χ2v) is 8.61. The second-order valence-electron chi connectivity index (χ2n) is 8.61. The smallest absolute Gasteiger partial charge is 0.162 e. The van der Waals surface area contributed by atoms with Crippen molar-refractivity contribution < 1.29 is 4.74 Å². The molecule has 0 aliphatic carbocycles. The third kappa shape index (κ3) is 3.25. The molecule has 5 heterocycles. The third-order valence-electron chi connectivity index (χ3n) is 6.38. The highest BCUT2D eigenvalue weighted by Crippen LogP contribution is 2.33. The monoisotopic (exact) mass is 439 g/mol. The van der Waals surface area contributed by atoms with Crippen molar-refractivity contribution >= 4 is 27.8 Å². The summed E-state index contributed by atoms with van der Waals surface area (Å²) >= 11 is 0. The number of H-pyrrole nitrogens is 2. The molecule has 166 valence electrons. The van der Waals surface area contributed by atoms with Crippen molar-refractivity contribution in [2.24, 2.45) is 0 Å². The first-order chi connectivity index (χ1) is 16.1. The summed E-state index contributed by atoms with van der Waals surface area (Å²) in [4.78, 5) is 20.7. The first kappa shape index (κ1) is 19.9. The number of hydrogen-bond donors (Lipinski definition) is 2. The molecule has 2 N–H and O–H groups in total. The molecule has 1 aromatic carbocycles. The minimum Gasteiger partial charge on any atom is -0.377 e. The van der Waals surface area contributed by atoms with E-state index in [0.717, 1.165) is 62.5 Å². The number of rotatable bonds is 3. The molecule has 0 bridgehead atoms. The van der Waals surface area contributed by atoms with Crippen LogP contribution >= 0.6 is 0 Å². The fourth-order valence-electron chi connectivity index (χ4n) is 4.71. The van der Waals surface area contributed by atoms with Gasteiger partial charge in [0.25, 0.3) is 0 Å². The van der Waals surface area contributed by atoms with E-state index in [1.54, 1.807) is 0 Å². The Morgan fingerprint density at radius 1 is 1.06 bits per heavy atom. The van der Waals surface area contributed by atoms with Crippen molar-refractivity contribution in [3.63, 3.8) is 0 Å². The average Bonchev–Trinajstić information content (AvgIpc) is 3.44. The summed E-state index contributed by atoms with van der Waals surface area (Å²) in [5.41, 5.74) is 7.52. The van der Waals surface area contributed by atoms with Gasteiger partial charge in [0.15, 0.2) is 11.6 Å². The lowest BCUT2D eigenvalue weighted by Crippen LogP contribution is -2.44. The Hall–Kier alpha value is -3.78. The van der Waals surface area contributed by atoms with E-state index in [1.807, 2.05) is 38.2 Å². The van der Waals surface area contributed by atoms with E-state index in [1.165, 1.54) is 0 Å². The molecule has 0 unspecified atom stereocenters. The summed E-state index contributed by atoms with van der Waals surface area (Å²) in [5, 5.41) is 8.51. The largest absolute Gasteiger partial charge is 0.377 e. The van der Waals surface area contributed by atoms with E-state index >= 15 is 0 Å². The molecule has 1 aliphatic heterocycles. The molecule has 4 aromatic heterocycles. The zero-order valence-electron chi connectivity index (χ0n) is 18.9. The molecule has 8 nitrogen and oxygen atoms in total. The van der Waals surface area contributed by atoms with Gasteiger partial charge in [0.05, 0.1) is 36.2 Å². The lowest BCUT2D eigenvalue weighted by atomic mass is 10.1. The van der Waals surface area contributed by atoms with Crippen LogP contribution in [0, 0.1) is 13.8 Å². The van der Waals surface area contributed by atoms with Gasteiger partial charge in [-0.1, -0.05) is 12.1 Å². The van der Waals surface area contributed by atoms with Crippen molar-refractivity contribution in [2.75, 3.05) is 24.7 Å². The zero-order chi connectivity index (χ0) is 22.5. The van der Waals surface area contributed by atoms with Crippen molar-refractivity contribution in [2.45, 2.75) is 26.8 Å². The standard InChI is InChI=1S/C25H25N7O/c1-14-13-33-12-11-32(14)25-23-21(8-7-20(27-23)22-15(2)30-31-16(22)3)28-24(29-25)18-5-4-6-19-17(18)9-10-26-19/h4-10,14,26H,11-13H2,1-3H3,(H,30,31)/t14-/m1/s1. The Morgan fingerprint density at radius 2 is 1.97 bits per heavy atom. The van der Waals surface area contributed by atoms with Crippen molar-refractivity contribution in [3.05, 3.63) is 54.0 Å². The van der Waals surface area contributed by atoms with Crippen LogP contribution in [-0.4, -0.2) is 55.9 Å². The van der Waals surface area contributed by atoms with Crippen molar-refractivity contribution in [1.82, 2.24) is 30.1 Å². The molecule has 1 aliphatic rings. The number of fused-ring (bicyclic) bond motifs is 2. The predicted octanol–water partition coefficient (Wildman–Crippen LogP) is 4.41. The van der Waals surface area contributed by atoms with Gasteiger partial charge in [0.2, 0.25) is 0 Å². The normalized spacial score (nSPS) is 16.7. The zero-order valence-corrected chi connectivity index (χ0v) is 18.9. The summed E-state index contributed by atoms with van der Waals surface area (Å²) in [6, 6.07) is 12.5. The number of morpholine rings is 1. The minimum atomic E-state index is 0.190. The Kier molecular flexibility index (Phi) is 4.62. The van der Waals surface area contributed by atoms with Crippen molar-refractivity contribution in [3.8, 4) is 22.6 Å². The number of aromatic nitrogens is 6. The van der Waals surface area contributed by atoms with Crippen LogP contribution in [0.4, 0.5) is 5.82 Å². The number of aryl methyl sites for hydroxylation is 2. The highest BCUT2D eigenvalue weighted by atomic mass is 16.5. The van der Waals surface area contributed by atoms with Gasteiger partial charge < -0.3 is 14.6 Å². The summed E-state index contributed by atoms with van der Waals surface area (Å²) in [7, 11) is 0.